The largest absolute Gasteiger partial charge is 0.317 e. The topological polar surface area (TPSA) is 29.1 Å². The average molecular weight is 173 g/mol. The molecule has 0 aromatic carbocycles. The summed E-state index contributed by atoms with van der Waals surface area (Å²) in [7, 11) is 0. The Morgan fingerprint density at radius 1 is 1.17 bits per heavy atom. The van der Waals surface area contributed by atoms with Gasteiger partial charge in [-0.1, -0.05) is 19.9 Å². The fourth-order valence-electron chi connectivity index (χ4n) is 0.625. The lowest BCUT2D eigenvalue weighted by Crippen LogP contribution is -2.03. The molecule has 12 heavy (non-hydrogen) atoms. The Kier molecular flexibility index (Phi) is 45.9. The van der Waals surface area contributed by atoms with Crippen molar-refractivity contribution in [3.05, 3.63) is 12.7 Å². The third kappa shape index (κ3) is 34.4. The van der Waals surface area contributed by atoms with E-state index in [1.165, 1.54) is 25.9 Å². The molecule has 0 aromatic heterocycles. The van der Waals surface area contributed by atoms with E-state index in [2.05, 4.69) is 11.9 Å². The van der Waals surface area contributed by atoms with E-state index >= 15 is 0 Å². The van der Waals surface area contributed by atoms with Crippen LogP contribution >= 0.6 is 0 Å². The zero-order chi connectivity index (χ0) is 10.2. The molecule has 1 aliphatic rings. The van der Waals surface area contributed by atoms with Gasteiger partial charge in [-0.2, -0.15) is 0 Å². The van der Waals surface area contributed by atoms with Crippen LogP contribution in [0.2, 0.25) is 0 Å². The first-order valence-corrected chi connectivity index (χ1v) is 4.48. The van der Waals surface area contributed by atoms with Crippen LogP contribution < -0.4 is 5.32 Å². The number of hydrogen-bond donors (Lipinski definition) is 1. The molecule has 0 bridgehead atoms. The van der Waals surface area contributed by atoms with Crippen LogP contribution in [0.15, 0.2) is 12.7 Å². The van der Waals surface area contributed by atoms with Crippen molar-refractivity contribution in [3.8, 4) is 0 Å². The molecule has 1 heterocycles. The fourth-order valence-corrected chi connectivity index (χ4v) is 0.625. The molecule has 1 aliphatic heterocycles. The highest BCUT2D eigenvalue weighted by Gasteiger charge is 1.93. The van der Waals surface area contributed by atoms with Gasteiger partial charge in [0.15, 0.2) is 0 Å². The fraction of sp³-hybridized carbons (Fsp3) is 0.700. The van der Waals surface area contributed by atoms with E-state index in [1.807, 2.05) is 27.6 Å². The highest BCUT2D eigenvalue weighted by molar-refractivity contribution is 5.10. The third-order valence-corrected chi connectivity index (χ3v) is 0.957. The predicted molar refractivity (Wildman–Crippen MR) is 56.4 cm³/mol. The van der Waals surface area contributed by atoms with Crippen LogP contribution in [0.1, 0.15) is 33.6 Å². The van der Waals surface area contributed by atoms with Crippen molar-refractivity contribution in [3.63, 3.8) is 0 Å². The molecular formula is C10H23NO. The zero-order valence-electron chi connectivity index (χ0n) is 8.73. The van der Waals surface area contributed by atoms with Crippen molar-refractivity contribution >= 4 is 6.79 Å². The maximum atomic E-state index is 8.00. The Balaban J connectivity index is -0.000000102. The Morgan fingerprint density at radius 3 is 1.50 bits per heavy atom. The second-order valence-electron chi connectivity index (χ2n) is 1.87. The first-order valence-electron chi connectivity index (χ1n) is 4.48. The van der Waals surface area contributed by atoms with Crippen LogP contribution in [-0.2, 0) is 4.79 Å². The molecule has 74 valence electrons. The van der Waals surface area contributed by atoms with Gasteiger partial charge in [-0.3, -0.25) is 0 Å². The third-order valence-electron chi connectivity index (χ3n) is 0.957. The first-order chi connectivity index (χ1) is 5.91. The highest BCUT2D eigenvalue weighted by atomic mass is 16.1. The monoisotopic (exact) mass is 173 g/mol. The number of rotatable bonds is 0. The summed E-state index contributed by atoms with van der Waals surface area (Å²) in [5.41, 5.74) is 0. The first kappa shape index (κ1) is 17.5. The number of carbonyl (C=O) groups is 1. The summed E-state index contributed by atoms with van der Waals surface area (Å²) in [4.78, 5) is 8.00. The van der Waals surface area contributed by atoms with Crippen molar-refractivity contribution in [2.45, 2.75) is 33.6 Å². The SMILES string of the molecule is C1CCNC1.C=CC.C=O.CC. The van der Waals surface area contributed by atoms with E-state index in [0.717, 1.165) is 0 Å². The zero-order valence-corrected chi connectivity index (χ0v) is 8.73. The van der Waals surface area contributed by atoms with Crippen molar-refractivity contribution in [2.75, 3.05) is 13.1 Å². The van der Waals surface area contributed by atoms with E-state index in [9.17, 15) is 0 Å². The number of nitrogens with one attached hydrogen (secondary N) is 1. The predicted octanol–water partition coefficient (Wildman–Crippen LogP) is 2.40. The van der Waals surface area contributed by atoms with Gasteiger partial charge in [0.25, 0.3) is 0 Å². The van der Waals surface area contributed by atoms with Crippen LogP contribution in [0.4, 0.5) is 0 Å². The van der Waals surface area contributed by atoms with Gasteiger partial charge in [-0.25, -0.2) is 0 Å². The second kappa shape index (κ2) is 31.6. The van der Waals surface area contributed by atoms with Crippen LogP contribution in [0.5, 0.6) is 0 Å². The lowest BCUT2D eigenvalue weighted by Gasteiger charge is -1.76. The molecule has 1 rings (SSSR count). The maximum absolute atomic E-state index is 8.00. The second-order valence-corrected chi connectivity index (χ2v) is 1.87. The van der Waals surface area contributed by atoms with E-state index in [0.29, 0.717) is 0 Å². The summed E-state index contributed by atoms with van der Waals surface area (Å²) in [5, 5.41) is 3.22. The van der Waals surface area contributed by atoms with Crippen molar-refractivity contribution in [1.29, 1.82) is 0 Å². The molecule has 1 N–H and O–H groups in total. The summed E-state index contributed by atoms with van der Waals surface area (Å²) in [5.74, 6) is 0. The lowest BCUT2D eigenvalue weighted by molar-refractivity contribution is -0.0979. The van der Waals surface area contributed by atoms with Crippen molar-refractivity contribution < 1.29 is 4.79 Å². The van der Waals surface area contributed by atoms with Crippen LogP contribution in [-0.4, -0.2) is 19.9 Å². The van der Waals surface area contributed by atoms with Crippen LogP contribution in [0, 0.1) is 0 Å². The molecule has 0 aromatic rings. The summed E-state index contributed by atoms with van der Waals surface area (Å²) in [6, 6.07) is 0. The summed E-state index contributed by atoms with van der Waals surface area (Å²) in [6.45, 7) is 13.8. The molecule has 0 spiro atoms. The maximum Gasteiger partial charge on any atom is 0.106 e. The van der Waals surface area contributed by atoms with Crippen molar-refractivity contribution in [1.82, 2.24) is 5.32 Å². The molecule has 1 saturated heterocycles. The lowest BCUT2D eigenvalue weighted by atomic mass is 10.4. The quantitative estimate of drug-likeness (QED) is 0.570. The van der Waals surface area contributed by atoms with Crippen LogP contribution in [0.25, 0.3) is 0 Å². The van der Waals surface area contributed by atoms with Gasteiger partial charge in [0, 0.05) is 0 Å². The normalized spacial score (nSPS) is 11.9. The highest BCUT2D eigenvalue weighted by Crippen LogP contribution is 1.90. The van der Waals surface area contributed by atoms with Crippen LogP contribution in [0.3, 0.4) is 0 Å². The molecule has 1 fully saturated rings. The Labute approximate surface area is 77.1 Å². The van der Waals surface area contributed by atoms with E-state index in [4.69, 9.17) is 4.79 Å². The molecular weight excluding hydrogens is 150 g/mol. The van der Waals surface area contributed by atoms with Gasteiger partial charge in [0.1, 0.15) is 6.79 Å². The Bertz CT molecular complexity index is 53.2. The van der Waals surface area contributed by atoms with Gasteiger partial charge in [0.05, 0.1) is 0 Å². The van der Waals surface area contributed by atoms with Gasteiger partial charge in [-0.05, 0) is 32.9 Å². The molecule has 2 heteroatoms. The minimum Gasteiger partial charge on any atom is -0.317 e. The smallest absolute Gasteiger partial charge is 0.106 e. The van der Waals surface area contributed by atoms with Gasteiger partial charge >= 0.3 is 0 Å². The minimum absolute atomic E-state index is 1.25. The van der Waals surface area contributed by atoms with E-state index < -0.39 is 0 Å². The average Bonchev–Trinajstić information content (AvgIpc) is 2.69. The Hall–Kier alpha value is -0.630. The summed E-state index contributed by atoms with van der Waals surface area (Å²) < 4.78 is 0. The van der Waals surface area contributed by atoms with E-state index in [-0.39, 0.29) is 0 Å². The van der Waals surface area contributed by atoms with Gasteiger partial charge < -0.3 is 10.1 Å². The molecule has 2 nitrogen and oxygen atoms in total. The standard InChI is InChI=1S/C4H9N.C3H6.C2H6.CH2O/c1-2-4-5-3-1;1-3-2;2*1-2/h5H,1-4H2;3H,1H2,2H3;1-2H3;1H2. The molecule has 0 atom stereocenters. The number of hydrogen-bond acceptors (Lipinski definition) is 2. The Morgan fingerprint density at radius 2 is 1.42 bits per heavy atom. The molecule has 0 unspecified atom stereocenters. The summed E-state index contributed by atoms with van der Waals surface area (Å²) >= 11 is 0. The molecule has 0 radical (unpaired) electrons. The summed E-state index contributed by atoms with van der Waals surface area (Å²) in [6.07, 6.45) is 4.53. The molecule has 0 amide bonds. The number of allylic oxidation sites excluding steroid dienone is 1. The minimum atomic E-state index is 1.25. The number of carbonyl (C=O) groups excluding carboxylic acids is 1. The van der Waals surface area contributed by atoms with Gasteiger partial charge in [-0.15, -0.1) is 6.58 Å². The van der Waals surface area contributed by atoms with E-state index in [1.54, 1.807) is 6.08 Å². The van der Waals surface area contributed by atoms with Gasteiger partial charge in [0.2, 0.25) is 0 Å². The van der Waals surface area contributed by atoms with Crippen molar-refractivity contribution in [2.24, 2.45) is 0 Å². The molecule has 0 aliphatic carbocycles. The molecule has 0 saturated carbocycles.